The minimum atomic E-state index is 0.842. The lowest BCUT2D eigenvalue weighted by molar-refractivity contribution is 0.131. The Kier molecular flexibility index (Phi) is 5.97. The third kappa shape index (κ3) is 4.52. The molecule has 1 fully saturated rings. The molecule has 6 heteroatoms. The fraction of sp³-hybridized carbons (Fsp3) is 0.304. The number of halogens is 1. The van der Waals surface area contributed by atoms with Crippen LogP contribution in [0.2, 0.25) is 5.02 Å². The number of piperazine rings is 1. The van der Waals surface area contributed by atoms with E-state index in [-0.39, 0.29) is 0 Å². The first kappa shape index (κ1) is 19.7. The van der Waals surface area contributed by atoms with Gasteiger partial charge in [0.25, 0.3) is 0 Å². The zero-order chi connectivity index (χ0) is 20.2. The molecular weight excluding hydrogens is 382 g/mol. The van der Waals surface area contributed by atoms with Gasteiger partial charge in [0.1, 0.15) is 0 Å². The fourth-order valence-electron chi connectivity index (χ4n) is 3.68. The van der Waals surface area contributed by atoms with Crippen molar-refractivity contribution in [2.45, 2.75) is 20.4 Å². The van der Waals surface area contributed by atoms with Gasteiger partial charge in [0.15, 0.2) is 0 Å². The molecule has 0 bridgehead atoms. The summed E-state index contributed by atoms with van der Waals surface area (Å²) in [7, 11) is 0. The summed E-state index contributed by atoms with van der Waals surface area (Å²) in [5.41, 5.74) is 5.45. The van der Waals surface area contributed by atoms with Crippen molar-refractivity contribution in [2.75, 3.05) is 26.2 Å². The lowest BCUT2D eigenvalue weighted by Gasteiger charge is -2.33. The SMILES string of the molecule is Cc1nn(-c2ccccc2)c(C)c1/C=N\N1CCN(Cc2ccccc2Cl)CC1. The van der Waals surface area contributed by atoms with Gasteiger partial charge in [0, 0.05) is 43.3 Å². The number of para-hydroxylation sites is 1. The molecule has 0 spiro atoms. The number of hydrogen-bond donors (Lipinski definition) is 0. The quantitative estimate of drug-likeness (QED) is 0.592. The molecule has 3 aromatic rings. The molecule has 5 nitrogen and oxygen atoms in total. The second-order valence-corrected chi connectivity index (χ2v) is 7.80. The standard InChI is InChI=1S/C23H26ClN5/c1-18-22(19(2)29(26-18)21-9-4-3-5-10-21)16-25-28-14-12-27(13-15-28)17-20-8-6-7-11-23(20)24/h3-11,16H,12-15,17H2,1-2H3/b25-16-. The van der Waals surface area contributed by atoms with Crippen LogP contribution < -0.4 is 0 Å². The van der Waals surface area contributed by atoms with Crippen LogP contribution in [0.1, 0.15) is 22.5 Å². The Labute approximate surface area is 177 Å². The molecule has 0 amide bonds. The van der Waals surface area contributed by atoms with E-state index in [4.69, 9.17) is 21.8 Å². The minimum Gasteiger partial charge on any atom is -0.295 e. The van der Waals surface area contributed by atoms with Crippen LogP contribution >= 0.6 is 11.6 Å². The summed E-state index contributed by atoms with van der Waals surface area (Å²) in [6.45, 7) is 8.79. The Bertz CT molecular complexity index is 988. The number of aromatic nitrogens is 2. The second kappa shape index (κ2) is 8.80. The Morgan fingerprint density at radius 3 is 2.38 bits per heavy atom. The van der Waals surface area contributed by atoms with Gasteiger partial charge < -0.3 is 0 Å². The molecule has 2 aromatic carbocycles. The van der Waals surface area contributed by atoms with Crippen molar-refractivity contribution < 1.29 is 0 Å². The summed E-state index contributed by atoms with van der Waals surface area (Å²) in [5, 5.41) is 12.4. The molecule has 0 atom stereocenters. The summed E-state index contributed by atoms with van der Waals surface area (Å²) in [6.07, 6.45) is 1.96. The van der Waals surface area contributed by atoms with E-state index in [0.717, 1.165) is 60.4 Å². The molecule has 2 heterocycles. The highest BCUT2D eigenvalue weighted by Gasteiger charge is 2.17. The zero-order valence-electron chi connectivity index (χ0n) is 16.9. The van der Waals surface area contributed by atoms with Gasteiger partial charge in [0.05, 0.1) is 23.3 Å². The largest absolute Gasteiger partial charge is 0.295 e. The van der Waals surface area contributed by atoms with Crippen molar-refractivity contribution in [3.8, 4) is 5.69 Å². The Hall–Kier alpha value is -2.63. The van der Waals surface area contributed by atoms with Crippen LogP contribution in [-0.2, 0) is 6.54 Å². The number of nitrogens with zero attached hydrogens (tertiary/aromatic N) is 5. The maximum Gasteiger partial charge on any atom is 0.0689 e. The fourth-order valence-corrected chi connectivity index (χ4v) is 3.88. The van der Waals surface area contributed by atoms with Crippen LogP contribution in [-0.4, -0.2) is 52.1 Å². The van der Waals surface area contributed by atoms with E-state index in [1.807, 2.05) is 54.2 Å². The van der Waals surface area contributed by atoms with Crippen molar-refractivity contribution in [2.24, 2.45) is 5.10 Å². The predicted octanol–water partition coefficient (Wildman–Crippen LogP) is 4.29. The molecule has 4 rings (SSSR count). The maximum atomic E-state index is 6.30. The van der Waals surface area contributed by atoms with Gasteiger partial charge in [-0.15, -0.1) is 0 Å². The van der Waals surface area contributed by atoms with Crippen LogP contribution in [0.25, 0.3) is 5.69 Å². The van der Waals surface area contributed by atoms with Crippen molar-refractivity contribution in [1.29, 1.82) is 0 Å². The maximum absolute atomic E-state index is 6.30. The summed E-state index contributed by atoms with van der Waals surface area (Å²) in [5.74, 6) is 0. The van der Waals surface area contributed by atoms with Crippen molar-refractivity contribution in [3.05, 3.63) is 82.1 Å². The molecule has 1 aromatic heterocycles. The Balaban J connectivity index is 1.39. The average Bonchev–Trinajstić information content (AvgIpc) is 3.03. The summed E-state index contributed by atoms with van der Waals surface area (Å²) in [6, 6.07) is 18.3. The van der Waals surface area contributed by atoms with Gasteiger partial charge in [-0.1, -0.05) is 48.0 Å². The molecule has 1 aliphatic rings. The number of rotatable bonds is 5. The highest BCUT2D eigenvalue weighted by Crippen LogP contribution is 2.19. The highest BCUT2D eigenvalue weighted by molar-refractivity contribution is 6.31. The minimum absolute atomic E-state index is 0.842. The summed E-state index contributed by atoms with van der Waals surface area (Å²) in [4.78, 5) is 2.43. The van der Waals surface area contributed by atoms with Gasteiger partial charge in [-0.25, -0.2) is 4.68 Å². The predicted molar refractivity (Wildman–Crippen MR) is 119 cm³/mol. The van der Waals surface area contributed by atoms with Crippen molar-refractivity contribution in [1.82, 2.24) is 19.7 Å². The molecule has 0 aliphatic carbocycles. The van der Waals surface area contributed by atoms with Crippen LogP contribution in [0.4, 0.5) is 0 Å². The molecule has 29 heavy (non-hydrogen) atoms. The van der Waals surface area contributed by atoms with Crippen LogP contribution in [0, 0.1) is 13.8 Å². The molecule has 0 unspecified atom stereocenters. The monoisotopic (exact) mass is 407 g/mol. The lowest BCUT2D eigenvalue weighted by atomic mass is 10.2. The molecular formula is C23H26ClN5. The molecule has 0 saturated carbocycles. The van der Waals surface area contributed by atoms with E-state index in [1.165, 1.54) is 5.56 Å². The highest BCUT2D eigenvalue weighted by atomic mass is 35.5. The second-order valence-electron chi connectivity index (χ2n) is 7.40. The van der Waals surface area contributed by atoms with Gasteiger partial charge in [-0.05, 0) is 37.6 Å². The smallest absolute Gasteiger partial charge is 0.0689 e. The number of benzene rings is 2. The molecule has 150 valence electrons. The number of hydrogen-bond acceptors (Lipinski definition) is 4. The van der Waals surface area contributed by atoms with E-state index in [0.29, 0.717) is 0 Å². The van der Waals surface area contributed by atoms with Gasteiger partial charge in [-0.2, -0.15) is 10.2 Å². The third-order valence-corrected chi connectivity index (χ3v) is 5.77. The topological polar surface area (TPSA) is 36.7 Å². The van der Waals surface area contributed by atoms with Crippen molar-refractivity contribution >= 4 is 17.8 Å². The lowest BCUT2D eigenvalue weighted by Crippen LogP contribution is -2.43. The van der Waals surface area contributed by atoms with E-state index in [9.17, 15) is 0 Å². The summed E-state index contributed by atoms with van der Waals surface area (Å²) < 4.78 is 1.98. The normalized spacial score (nSPS) is 15.3. The van der Waals surface area contributed by atoms with Crippen molar-refractivity contribution in [3.63, 3.8) is 0 Å². The van der Waals surface area contributed by atoms with Crippen LogP contribution in [0.15, 0.2) is 59.7 Å². The molecule has 1 saturated heterocycles. The van der Waals surface area contributed by atoms with E-state index in [1.54, 1.807) is 0 Å². The molecule has 0 N–H and O–H groups in total. The zero-order valence-corrected chi connectivity index (χ0v) is 17.7. The average molecular weight is 408 g/mol. The summed E-state index contributed by atoms with van der Waals surface area (Å²) >= 11 is 6.30. The van der Waals surface area contributed by atoms with E-state index in [2.05, 4.69) is 35.0 Å². The first-order valence-corrected chi connectivity index (χ1v) is 10.4. The van der Waals surface area contributed by atoms with Crippen LogP contribution in [0.5, 0.6) is 0 Å². The number of hydrazone groups is 1. The number of aryl methyl sites for hydroxylation is 1. The molecule has 1 aliphatic heterocycles. The Morgan fingerprint density at radius 2 is 1.66 bits per heavy atom. The van der Waals surface area contributed by atoms with E-state index >= 15 is 0 Å². The van der Waals surface area contributed by atoms with E-state index < -0.39 is 0 Å². The van der Waals surface area contributed by atoms with Crippen LogP contribution in [0.3, 0.4) is 0 Å². The first-order chi connectivity index (χ1) is 14.1. The first-order valence-electron chi connectivity index (χ1n) is 9.98. The third-order valence-electron chi connectivity index (χ3n) is 5.40. The van der Waals surface area contributed by atoms with Gasteiger partial charge in [0.2, 0.25) is 0 Å². The Morgan fingerprint density at radius 1 is 0.966 bits per heavy atom. The van der Waals surface area contributed by atoms with Gasteiger partial charge in [-0.3, -0.25) is 9.91 Å². The van der Waals surface area contributed by atoms with Gasteiger partial charge >= 0.3 is 0 Å². The molecule has 0 radical (unpaired) electrons.